The van der Waals surface area contributed by atoms with E-state index in [9.17, 15) is 26.3 Å². The zero-order valence-corrected chi connectivity index (χ0v) is 6.83. The first kappa shape index (κ1) is 11.4. The largest absolute Gasteiger partial charge is 0.423 e. The molecule has 0 aromatic carbocycles. The molecule has 0 aliphatic heterocycles. The number of rotatable bonds is 1. The second kappa shape index (κ2) is 3.39. The lowest BCUT2D eigenvalue weighted by Crippen LogP contribution is -2.15. The minimum atomic E-state index is -5.15. The highest BCUT2D eigenvalue weighted by Gasteiger charge is 2.56. The molecule has 0 radical (unpaired) electrons. The van der Waals surface area contributed by atoms with Crippen LogP contribution in [0.15, 0.2) is 0 Å². The van der Waals surface area contributed by atoms with Gasteiger partial charge in [-0.3, -0.25) is 0 Å². The predicted molar refractivity (Wildman–Crippen MR) is 32.5 cm³/mol. The highest BCUT2D eigenvalue weighted by Crippen LogP contribution is 2.71. The summed E-state index contributed by atoms with van der Waals surface area (Å²) in [5.41, 5.74) is 0. The molecule has 0 fully saturated rings. The lowest BCUT2D eigenvalue weighted by atomic mass is 11.5. The van der Waals surface area contributed by atoms with Gasteiger partial charge in [-0.25, -0.2) is 0 Å². The lowest BCUT2D eigenvalue weighted by molar-refractivity contribution is -0.0793. The molecule has 0 aromatic heterocycles. The van der Waals surface area contributed by atoms with Crippen LogP contribution in [0.2, 0.25) is 0 Å². The zero-order valence-electron chi connectivity index (χ0n) is 5.12. The molecule has 0 spiro atoms. The Morgan fingerprint density at radius 3 is 1.18 bits per heavy atom. The van der Waals surface area contributed by atoms with Gasteiger partial charge < -0.3 is 0 Å². The van der Waals surface area contributed by atoms with Crippen molar-refractivity contribution < 1.29 is 26.3 Å². The van der Waals surface area contributed by atoms with Crippen molar-refractivity contribution >= 4 is 18.5 Å². The third-order valence-corrected chi connectivity index (χ3v) is 4.27. The molecule has 0 saturated heterocycles. The summed E-state index contributed by atoms with van der Waals surface area (Å²) < 4.78 is 69.0. The van der Waals surface area contributed by atoms with E-state index in [0.717, 1.165) is 6.26 Å². The van der Waals surface area contributed by atoms with E-state index >= 15 is 0 Å². The van der Waals surface area contributed by atoms with Crippen molar-refractivity contribution in [3.8, 4) is 0 Å². The molecule has 0 unspecified atom stereocenters. The van der Waals surface area contributed by atoms with Gasteiger partial charge in [0.25, 0.3) is 0 Å². The quantitative estimate of drug-likeness (QED) is 0.474. The molecular weight excluding hydrogens is 213 g/mol. The Morgan fingerprint density at radius 1 is 0.909 bits per heavy atom. The minimum Gasteiger partial charge on any atom is -0.166 e. The Morgan fingerprint density at radius 2 is 1.18 bits per heavy atom. The van der Waals surface area contributed by atoms with Crippen molar-refractivity contribution in [2.24, 2.45) is 0 Å². The Hall–Kier alpha value is 0.360. The fourth-order valence-electron chi connectivity index (χ4n) is 0.351. The second-order valence-corrected chi connectivity index (χ2v) is 5.57. The van der Waals surface area contributed by atoms with E-state index < -0.39 is 19.0 Å². The molecule has 0 saturated carbocycles. The van der Waals surface area contributed by atoms with Gasteiger partial charge in [-0.1, -0.05) is 0 Å². The summed E-state index contributed by atoms with van der Waals surface area (Å²) >= 11 is -0.201. The van der Waals surface area contributed by atoms with Crippen molar-refractivity contribution in [2.75, 3.05) is 6.26 Å². The van der Waals surface area contributed by atoms with E-state index in [1.54, 1.807) is 0 Å². The van der Waals surface area contributed by atoms with Gasteiger partial charge in [-0.2, -0.15) is 26.3 Å². The molecule has 0 atom stereocenters. The standard InChI is InChI=1S/C3H3F6PS/c1-11-10(2(4,5)6)3(7,8)9/h1H3. The third kappa shape index (κ3) is 3.51. The van der Waals surface area contributed by atoms with E-state index in [1.165, 1.54) is 0 Å². The van der Waals surface area contributed by atoms with Crippen LogP contribution in [-0.2, 0) is 0 Å². The highest BCUT2D eigenvalue weighted by molar-refractivity contribution is 8.55. The van der Waals surface area contributed by atoms with Gasteiger partial charge in [-0.05, 0) is 6.26 Å². The van der Waals surface area contributed by atoms with E-state index in [2.05, 4.69) is 0 Å². The van der Waals surface area contributed by atoms with Crippen molar-refractivity contribution in [3.05, 3.63) is 0 Å². The average molecular weight is 216 g/mol. The number of halogens is 6. The van der Waals surface area contributed by atoms with E-state index in [0.29, 0.717) is 0 Å². The van der Waals surface area contributed by atoms with Crippen LogP contribution in [0.25, 0.3) is 0 Å². The number of hydrogen-bond acceptors (Lipinski definition) is 1. The molecule has 0 aliphatic rings. The monoisotopic (exact) mass is 216 g/mol. The van der Waals surface area contributed by atoms with Gasteiger partial charge in [0, 0.05) is 0 Å². The van der Waals surface area contributed by atoms with Crippen LogP contribution in [0.5, 0.6) is 0 Å². The highest BCUT2D eigenvalue weighted by atomic mass is 32.7. The van der Waals surface area contributed by atoms with Crippen molar-refractivity contribution in [2.45, 2.75) is 11.8 Å². The summed E-state index contributed by atoms with van der Waals surface area (Å²) in [5, 5.41) is 0. The maximum Gasteiger partial charge on any atom is 0.423 e. The molecule has 0 N–H and O–H groups in total. The Kier molecular flexibility index (Phi) is 3.50. The summed E-state index contributed by atoms with van der Waals surface area (Å²) in [7, 11) is -3.92. The first-order valence-electron chi connectivity index (χ1n) is 2.17. The molecule has 0 aliphatic carbocycles. The molecule has 8 heteroatoms. The Labute approximate surface area is 63.8 Å². The summed E-state index contributed by atoms with van der Waals surface area (Å²) in [6.45, 7) is 0. The molecule has 0 bridgehead atoms. The van der Waals surface area contributed by atoms with Crippen LogP contribution < -0.4 is 0 Å². The van der Waals surface area contributed by atoms with Crippen molar-refractivity contribution in [3.63, 3.8) is 0 Å². The summed E-state index contributed by atoms with van der Waals surface area (Å²) in [6, 6.07) is 0. The Balaban J connectivity index is 4.43. The van der Waals surface area contributed by atoms with Gasteiger partial charge >= 0.3 is 11.8 Å². The summed E-state index contributed by atoms with van der Waals surface area (Å²) in [5.74, 6) is -10.3. The number of alkyl halides is 6. The minimum absolute atomic E-state index is 0.201. The molecule has 0 amide bonds. The first-order valence-corrected chi connectivity index (χ1v) is 5.34. The molecule has 0 aromatic rings. The SMILES string of the molecule is CSP(C(F)(F)F)C(F)(F)F. The van der Waals surface area contributed by atoms with Crippen LogP contribution >= 0.6 is 18.5 Å². The summed E-state index contributed by atoms with van der Waals surface area (Å²) in [4.78, 5) is 0. The summed E-state index contributed by atoms with van der Waals surface area (Å²) in [6.07, 6.45) is 0.798. The van der Waals surface area contributed by atoms with Gasteiger partial charge in [0.1, 0.15) is 0 Å². The maximum atomic E-state index is 11.5. The molecule has 11 heavy (non-hydrogen) atoms. The van der Waals surface area contributed by atoms with E-state index in [-0.39, 0.29) is 11.4 Å². The Bertz CT molecular complexity index is 113. The second-order valence-electron chi connectivity index (χ2n) is 1.41. The normalized spacial score (nSPS) is 14.2. The van der Waals surface area contributed by atoms with Gasteiger partial charge in [0.2, 0.25) is 0 Å². The van der Waals surface area contributed by atoms with Gasteiger partial charge in [0.15, 0.2) is 7.12 Å². The van der Waals surface area contributed by atoms with Crippen LogP contribution in [-0.4, -0.2) is 18.1 Å². The van der Waals surface area contributed by atoms with Crippen molar-refractivity contribution in [1.29, 1.82) is 0 Å². The molecular formula is C3H3F6PS. The molecule has 0 heterocycles. The van der Waals surface area contributed by atoms with Crippen LogP contribution in [0.3, 0.4) is 0 Å². The third-order valence-electron chi connectivity index (χ3n) is 0.643. The topological polar surface area (TPSA) is 0 Å². The fraction of sp³-hybridized carbons (Fsp3) is 1.00. The number of hydrogen-bond donors (Lipinski definition) is 0. The molecule has 0 nitrogen and oxygen atoms in total. The van der Waals surface area contributed by atoms with E-state index in [4.69, 9.17) is 0 Å². The van der Waals surface area contributed by atoms with E-state index in [1.807, 2.05) is 0 Å². The average Bonchev–Trinajstić information content (AvgIpc) is 1.56. The maximum absolute atomic E-state index is 11.5. The van der Waals surface area contributed by atoms with Crippen molar-refractivity contribution in [1.82, 2.24) is 0 Å². The first-order chi connectivity index (χ1) is 4.69. The predicted octanol–water partition coefficient (Wildman–Crippen LogP) is 3.79. The molecule has 0 rings (SSSR count). The van der Waals surface area contributed by atoms with Crippen LogP contribution in [0.4, 0.5) is 26.3 Å². The molecule has 68 valence electrons. The zero-order chi connectivity index (χ0) is 9.28. The van der Waals surface area contributed by atoms with Crippen LogP contribution in [0, 0.1) is 0 Å². The fourth-order valence-corrected chi connectivity index (χ4v) is 2.29. The lowest BCUT2D eigenvalue weighted by Gasteiger charge is -2.19. The smallest absolute Gasteiger partial charge is 0.166 e. The van der Waals surface area contributed by atoms with Crippen LogP contribution in [0.1, 0.15) is 0 Å². The van der Waals surface area contributed by atoms with Gasteiger partial charge in [0.05, 0.1) is 0 Å². The van der Waals surface area contributed by atoms with Gasteiger partial charge in [-0.15, -0.1) is 11.4 Å².